The van der Waals surface area contributed by atoms with Crippen molar-refractivity contribution in [1.82, 2.24) is 9.88 Å². The third-order valence-electron chi connectivity index (χ3n) is 4.50. The molecule has 1 aliphatic heterocycles. The van der Waals surface area contributed by atoms with Gasteiger partial charge in [0.2, 0.25) is 11.8 Å². The fourth-order valence-corrected chi connectivity index (χ4v) is 4.14. The van der Waals surface area contributed by atoms with E-state index in [1.54, 1.807) is 16.2 Å². The number of aromatic nitrogens is 1. The van der Waals surface area contributed by atoms with E-state index in [4.69, 9.17) is 0 Å². The molecule has 0 saturated carbocycles. The van der Waals surface area contributed by atoms with Crippen LogP contribution >= 0.6 is 11.3 Å². The molecule has 1 fully saturated rings. The molecular formula is C19H25N3O2S. The molecule has 1 aromatic heterocycles. The van der Waals surface area contributed by atoms with Gasteiger partial charge in [-0.1, -0.05) is 27.7 Å². The summed E-state index contributed by atoms with van der Waals surface area (Å²) in [7, 11) is 0. The Balaban J connectivity index is 1.76. The lowest BCUT2D eigenvalue weighted by atomic mass is 10.1. The first kappa shape index (κ1) is 17.9. The number of thiazole rings is 1. The van der Waals surface area contributed by atoms with Crippen molar-refractivity contribution in [2.75, 3.05) is 11.9 Å². The minimum Gasteiger partial charge on any atom is -0.330 e. The van der Waals surface area contributed by atoms with E-state index in [0.29, 0.717) is 12.5 Å². The molecule has 1 atom stereocenters. The molecule has 5 nitrogen and oxygen atoms in total. The van der Waals surface area contributed by atoms with Crippen LogP contribution in [0.1, 0.15) is 51.5 Å². The van der Waals surface area contributed by atoms with Crippen LogP contribution in [0.3, 0.4) is 0 Å². The molecule has 1 N–H and O–H groups in total. The van der Waals surface area contributed by atoms with E-state index in [0.717, 1.165) is 33.8 Å². The number of nitrogens with one attached hydrogen (secondary N) is 1. The number of likely N-dealkylation sites (tertiary alicyclic amines) is 1. The minimum atomic E-state index is -0.363. The fraction of sp³-hybridized carbons (Fsp3) is 0.526. The van der Waals surface area contributed by atoms with E-state index >= 15 is 0 Å². The van der Waals surface area contributed by atoms with Crippen LogP contribution in [0.5, 0.6) is 0 Å². The van der Waals surface area contributed by atoms with Crippen molar-refractivity contribution in [3.63, 3.8) is 0 Å². The van der Waals surface area contributed by atoms with E-state index < -0.39 is 0 Å². The Labute approximate surface area is 152 Å². The van der Waals surface area contributed by atoms with E-state index in [2.05, 4.69) is 24.1 Å². The third-order valence-corrected chi connectivity index (χ3v) is 5.82. The lowest BCUT2D eigenvalue weighted by Gasteiger charge is -2.25. The summed E-state index contributed by atoms with van der Waals surface area (Å²) >= 11 is 1.66. The van der Waals surface area contributed by atoms with Crippen molar-refractivity contribution in [1.29, 1.82) is 0 Å². The topological polar surface area (TPSA) is 62.3 Å². The molecule has 1 aliphatic rings. The maximum atomic E-state index is 12.7. The van der Waals surface area contributed by atoms with Gasteiger partial charge in [0.15, 0.2) is 0 Å². The number of amides is 2. The summed E-state index contributed by atoms with van der Waals surface area (Å²) in [5.74, 6) is 0.262. The first-order valence-corrected chi connectivity index (χ1v) is 9.70. The standard InChI is InChI=1S/C19H25N3O2S/c1-11(2)18-21-14-8-7-13(10-16(14)25-18)20-17(23)15-6-5-9-22(15)19(24)12(3)4/h7-8,10-12,15H,5-6,9H2,1-4H3,(H,20,23). The van der Waals surface area contributed by atoms with Gasteiger partial charge in [0.25, 0.3) is 0 Å². The first-order chi connectivity index (χ1) is 11.9. The largest absolute Gasteiger partial charge is 0.330 e. The summed E-state index contributed by atoms with van der Waals surface area (Å²) in [4.78, 5) is 31.3. The maximum Gasteiger partial charge on any atom is 0.247 e. The zero-order valence-electron chi connectivity index (χ0n) is 15.2. The van der Waals surface area contributed by atoms with Gasteiger partial charge < -0.3 is 10.2 Å². The highest BCUT2D eigenvalue weighted by atomic mass is 32.1. The summed E-state index contributed by atoms with van der Waals surface area (Å²) in [6.07, 6.45) is 1.60. The van der Waals surface area contributed by atoms with Crippen LogP contribution in [0.4, 0.5) is 5.69 Å². The van der Waals surface area contributed by atoms with Crippen LogP contribution in [0, 0.1) is 5.92 Å². The van der Waals surface area contributed by atoms with Gasteiger partial charge in [-0.25, -0.2) is 4.98 Å². The molecule has 25 heavy (non-hydrogen) atoms. The van der Waals surface area contributed by atoms with Crippen LogP contribution in [-0.4, -0.2) is 34.3 Å². The predicted octanol–water partition coefficient (Wildman–Crippen LogP) is 4.01. The van der Waals surface area contributed by atoms with Gasteiger partial charge in [-0.2, -0.15) is 0 Å². The smallest absolute Gasteiger partial charge is 0.247 e. The third kappa shape index (κ3) is 3.68. The second-order valence-electron chi connectivity index (χ2n) is 7.22. The Morgan fingerprint density at radius 1 is 1.28 bits per heavy atom. The van der Waals surface area contributed by atoms with Crippen molar-refractivity contribution >= 4 is 39.1 Å². The van der Waals surface area contributed by atoms with Crippen LogP contribution in [-0.2, 0) is 9.59 Å². The molecule has 6 heteroatoms. The Bertz CT molecular complexity index is 797. The highest BCUT2D eigenvalue weighted by Gasteiger charge is 2.34. The van der Waals surface area contributed by atoms with Crippen LogP contribution in [0.15, 0.2) is 18.2 Å². The van der Waals surface area contributed by atoms with Crippen LogP contribution in [0.2, 0.25) is 0 Å². The number of anilines is 1. The van der Waals surface area contributed by atoms with Crippen molar-refractivity contribution in [2.45, 2.75) is 52.5 Å². The SMILES string of the molecule is CC(C)C(=O)N1CCCC1C(=O)Nc1ccc2nc(C(C)C)sc2c1. The molecule has 0 spiro atoms. The summed E-state index contributed by atoms with van der Waals surface area (Å²) in [5.41, 5.74) is 1.73. The lowest BCUT2D eigenvalue weighted by Crippen LogP contribution is -2.44. The summed E-state index contributed by atoms with van der Waals surface area (Å²) in [6, 6.07) is 5.44. The Kier molecular flexibility index (Phi) is 5.08. The monoisotopic (exact) mass is 359 g/mol. The van der Waals surface area contributed by atoms with E-state index in [1.165, 1.54) is 0 Å². The number of nitrogens with zero attached hydrogens (tertiary/aromatic N) is 2. The van der Waals surface area contributed by atoms with Crippen molar-refractivity contribution in [2.24, 2.45) is 5.92 Å². The zero-order valence-corrected chi connectivity index (χ0v) is 16.0. The van der Waals surface area contributed by atoms with Gasteiger partial charge in [0.1, 0.15) is 6.04 Å². The molecule has 1 saturated heterocycles. The zero-order chi connectivity index (χ0) is 18.1. The molecule has 2 heterocycles. The van der Waals surface area contributed by atoms with Gasteiger partial charge in [0.05, 0.1) is 15.2 Å². The molecule has 134 valence electrons. The average molecular weight is 359 g/mol. The van der Waals surface area contributed by atoms with Crippen LogP contribution < -0.4 is 5.32 Å². The van der Waals surface area contributed by atoms with Gasteiger partial charge in [0, 0.05) is 24.1 Å². The Morgan fingerprint density at radius 3 is 2.72 bits per heavy atom. The second kappa shape index (κ2) is 7.12. The molecule has 0 aliphatic carbocycles. The molecule has 1 aromatic carbocycles. The number of rotatable bonds is 4. The predicted molar refractivity (Wildman–Crippen MR) is 102 cm³/mol. The molecule has 0 radical (unpaired) electrons. The van der Waals surface area contributed by atoms with Crippen molar-refractivity contribution in [3.05, 3.63) is 23.2 Å². The summed E-state index contributed by atoms with van der Waals surface area (Å²) in [5, 5.41) is 4.08. The van der Waals surface area contributed by atoms with Gasteiger partial charge >= 0.3 is 0 Å². The lowest BCUT2D eigenvalue weighted by molar-refractivity contribution is -0.139. The number of hydrogen-bond acceptors (Lipinski definition) is 4. The number of hydrogen-bond donors (Lipinski definition) is 1. The first-order valence-electron chi connectivity index (χ1n) is 8.88. The average Bonchev–Trinajstić information content (AvgIpc) is 3.20. The molecule has 0 bridgehead atoms. The van der Waals surface area contributed by atoms with Crippen molar-refractivity contribution in [3.8, 4) is 0 Å². The Hall–Kier alpha value is -1.95. The molecule has 2 aromatic rings. The number of carbonyl (C=O) groups is 2. The van der Waals surface area contributed by atoms with E-state index in [-0.39, 0.29) is 23.8 Å². The summed E-state index contributed by atoms with van der Waals surface area (Å²) < 4.78 is 1.07. The highest BCUT2D eigenvalue weighted by molar-refractivity contribution is 7.18. The minimum absolute atomic E-state index is 0.0529. The highest BCUT2D eigenvalue weighted by Crippen LogP contribution is 2.29. The summed E-state index contributed by atoms with van der Waals surface area (Å²) in [6.45, 7) is 8.67. The fourth-order valence-electron chi connectivity index (χ4n) is 3.13. The number of fused-ring (bicyclic) bond motifs is 1. The second-order valence-corrected chi connectivity index (χ2v) is 8.29. The Morgan fingerprint density at radius 2 is 2.04 bits per heavy atom. The van der Waals surface area contributed by atoms with Gasteiger partial charge in [-0.05, 0) is 31.0 Å². The van der Waals surface area contributed by atoms with Crippen molar-refractivity contribution < 1.29 is 9.59 Å². The van der Waals surface area contributed by atoms with E-state index in [9.17, 15) is 9.59 Å². The normalized spacial score (nSPS) is 17.7. The van der Waals surface area contributed by atoms with Crippen LogP contribution in [0.25, 0.3) is 10.2 Å². The molecule has 1 unspecified atom stereocenters. The quantitative estimate of drug-likeness (QED) is 0.897. The molecule has 3 rings (SSSR count). The van der Waals surface area contributed by atoms with E-state index in [1.807, 2.05) is 32.0 Å². The maximum absolute atomic E-state index is 12.7. The van der Waals surface area contributed by atoms with Gasteiger partial charge in [-0.15, -0.1) is 11.3 Å². The number of carbonyl (C=O) groups excluding carboxylic acids is 2. The van der Waals surface area contributed by atoms with Gasteiger partial charge in [-0.3, -0.25) is 9.59 Å². The molecular weight excluding hydrogens is 334 g/mol. The number of benzene rings is 1. The molecule has 2 amide bonds.